The van der Waals surface area contributed by atoms with Gasteiger partial charge in [0.25, 0.3) is 11.8 Å². The fourth-order valence-corrected chi connectivity index (χ4v) is 5.95. The first-order valence-corrected chi connectivity index (χ1v) is 14.7. The van der Waals surface area contributed by atoms with Gasteiger partial charge in [0, 0.05) is 17.9 Å². The van der Waals surface area contributed by atoms with E-state index in [1.54, 1.807) is 49.1 Å². The minimum atomic E-state index is -0.810. The Labute approximate surface area is 244 Å². The summed E-state index contributed by atoms with van der Waals surface area (Å²) in [7, 11) is 0. The number of hydrogen-bond donors (Lipinski definition) is 1. The van der Waals surface area contributed by atoms with Crippen molar-refractivity contribution in [3.8, 4) is 0 Å². The molecule has 2 saturated heterocycles. The van der Waals surface area contributed by atoms with Crippen molar-refractivity contribution in [2.24, 2.45) is 11.7 Å². The number of halogens is 1. The topological polar surface area (TPSA) is 140 Å². The maximum atomic E-state index is 13.3. The van der Waals surface area contributed by atoms with E-state index in [1.807, 2.05) is 0 Å². The maximum Gasteiger partial charge on any atom is 0.414 e. The zero-order valence-electron chi connectivity index (χ0n) is 21.9. The van der Waals surface area contributed by atoms with Gasteiger partial charge in [-0.1, -0.05) is 37.2 Å². The molecule has 0 spiro atoms. The zero-order chi connectivity index (χ0) is 29.0. The third kappa shape index (κ3) is 7.02. The molecule has 2 aromatic rings. The number of imide groups is 1. The van der Waals surface area contributed by atoms with Crippen molar-refractivity contribution in [2.75, 3.05) is 48.4 Å². The summed E-state index contributed by atoms with van der Waals surface area (Å²) in [6.45, 7) is 4.38. The second-order valence-corrected chi connectivity index (χ2v) is 12.2. The van der Waals surface area contributed by atoms with E-state index in [-0.39, 0.29) is 47.3 Å². The molecule has 0 bridgehead atoms. The van der Waals surface area contributed by atoms with Crippen molar-refractivity contribution in [3.05, 3.63) is 45.6 Å². The first-order chi connectivity index (χ1) is 19.0. The van der Waals surface area contributed by atoms with E-state index in [0.29, 0.717) is 28.9 Å². The van der Waals surface area contributed by atoms with Crippen LogP contribution in [0.1, 0.15) is 23.5 Å². The van der Waals surface area contributed by atoms with Crippen molar-refractivity contribution in [1.82, 2.24) is 4.90 Å². The number of carbonyl (C=O) groups is 5. The third-order valence-corrected chi connectivity index (χ3v) is 8.54. The van der Waals surface area contributed by atoms with E-state index < -0.39 is 30.1 Å². The minimum absolute atomic E-state index is 0.0185. The second kappa shape index (κ2) is 13.1. The predicted molar refractivity (Wildman–Crippen MR) is 153 cm³/mol. The monoisotopic (exact) mass is 608 g/mol. The van der Waals surface area contributed by atoms with Crippen LogP contribution >= 0.6 is 34.7 Å². The summed E-state index contributed by atoms with van der Waals surface area (Å²) in [5.74, 6) is -1.76. The number of ether oxygens (including phenoxy) is 2. The highest BCUT2D eigenvalue weighted by Gasteiger charge is 2.37. The highest BCUT2D eigenvalue weighted by molar-refractivity contribution is 8.14. The number of nitrogens with zero attached hydrogens (tertiary/aromatic N) is 3. The van der Waals surface area contributed by atoms with Crippen LogP contribution < -0.4 is 15.5 Å². The summed E-state index contributed by atoms with van der Waals surface area (Å²) in [4.78, 5) is 67.9. The van der Waals surface area contributed by atoms with Gasteiger partial charge in [-0.25, -0.2) is 4.79 Å². The van der Waals surface area contributed by atoms with Crippen molar-refractivity contribution in [1.29, 1.82) is 0 Å². The Bertz CT molecular complexity index is 1290. The van der Waals surface area contributed by atoms with Crippen LogP contribution in [0.2, 0.25) is 4.34 Å². The number of rotatable bonds is 9. The quantitative estimate of drug-likeness (QED) is 0.455. The molecule has 2 aliphatic rings. The molecule has 0 radical (unpaired) electrons. The molecule has 2 aliphatic heterocycles. The van der Waals surface area contributed by atoms with Crippen molar-refractivity contribution >= 4 is 75.0 Å². The lowest BCUT2D eigenvalue weighted by molar-refractivity contribution is -0.127. The Morgan fingerprint density at radius 1 is 1.12 bits per heavy atom. The molecule has 0 saturated carbocycles. The van der Waals surface area contributed by atoms with Crippen LogP contribution in [0.4, 0.5) is 16.2 Å². The molecule has 1 aromatic heterocycles. The van der Waals surface area contributed by atoms with Crippen molar-refractivity contribution < 1.29 is 33.4 Å². The van der Waals surface area contributed by atoms with E-state index in [0.717, 1.165) is 28.0 Å². The van der Waals surface area contributed by atoms with Gasteiger partial charge in [-0.3, -0.25) is 29.0 Å². The van der Waals surface area contributed by atoms with Crippen LogP contribution in [0, 0.1) is 5.92 Å². The van der Waals surface area contributed by atoms with Crippen LogP contribution in [0.3, 0.4) is 0 Å². The molecule has 1 unspecified atom stereocenters. The van der Waals surface area contributed by atoms with Gasteiger partial charge >= 0.3 is 6.09 Å². The largest absolute Gasteiger partial charge is 0.442 e. The molecule has 1 aromatic carbocycles. The van der Waals surface area contributed by atoms with E-state index in [1.165, 1.54) is 11.0 Å². The minimum Gasteiger partial charge on any atom is -0.442 e. The van der Waals surface area contributed by atoms with Gasteiger partial charge in [0.1, 0.15) is 12.7 Å². The highest BCUT2D eigenvalue weighted by Crippen LogP contribution is 2.28. The molecule has 2 N–H and O–H groups in total. The molecule has 2 fully saturated rings. The molecule has 40 heavy (non-hydrogen) atoms. The Morgan fingerprint density at radius 3 is 2.40 bits per heavy atom. The van der Waals surface area contributed by atoms with Crippen LogP contribution in [-0.2, 0) is 23.9 Å². The Balaban J connectivity index is 1.45. The number of morpholine rings is 1. The van der Waals surface area contributed by atoms with Gasteiger partial charge < -0.3 is 20.1 Å². The molecule has 11 nitrogen and oxygen atoms in total. The van der Waals surface area contributed by atoms with Crippen LogP contribution in [0.25, 0.3) is 0 Å². The average molecular weight is 609 g/mol. The van der Waals surface area contributed by atoms with Crippen molar-refractivity contribution in [3.63, 3.8) is 0 Å². The number of nitrogens with two attached hydrogens (primary N) is 1. The first-order valence-electron chi connectivity index (χ1n) is 12.5. The molecular formula is C26H29ClN4O7S2. The standard InChI is InChI=1S/C26H29ClN4O7S2/c1-15(2)23(28)25(35)39-14-22(33)31(24(34)19-7-8-20(27)40-19)12-18-11-30(26(36)38-18)17-5-3-16(4-6-17)29-9-10-37-13-21(29)32/h3-8,15,18,23H,9-14,28H2,1-2H3/t18-,23?/m1/s1. The van der Waals surface area contributed by atoms with Gasteiger partial charge in [-0.2, -0.15) is 0 Å². The lowest BCUT2D eigenvalue weighted by Crippen LogP contribution is -2.44. The maximum absolute atomic E-state index is 13.3. The zero-order valence-corrected chi connectivity index (χ0v) is 24.3. The average Bonchev–Trinajstić information content (AvgIpc) is 3.54. The first kappa shape index (κ1) is 30.0. The van der Waals surface area contributed by atoms with Crippen LogP contribution in [0.5, 0.6) is 0 Å². The molecular weight excluding hydrogens is 580 g/mol. The van der Waals surface area contributed by atoms with Gasteiger partial charge in [0.05, 0.1) is 40.7 Å². The van der Waals surface area contributed by atoms with Crippen LogP contribution in [0.15, 0.2) is 36.4 Å². The summed E-state index contributed by atoms with van der Waals surface area (Å²) < 4.78 is 11.0. The summed E-state index contributed by atoms with van der Waals surface area (Å²) in [5.41, 5.74) is 7.11. The number of hydrogen-bond acceptors (Lipinski definition) is 10. The van der Waals surface area contributed by atoms with Gasteiger partial charge in [0.15, 0.2) is 0 Å². The Hall–Kier alpha value is -2.97. The molecule has 4 amide bonds. The smallest absolute Gasteiger partial charge is 0.414 e. The summed E-state index contributed by atoms with van der Waals surface area (Å²) >= 11 is 7.77. The van der Waals surface area contributed by atoms with Gasteiger partial charge in [0.2, 0.25) is 11.0 Å². The third-order valence-electron chi connectivity index (χ3n) is 6.38. The molecule has 4 rings (SSSR count). The lowest BCUT2D eigenvalue weighted by atomic mass is 10.1. The summed E-state index contributed by atoms with van der Waals surface area (Å²) in [5, 5.41) is -0.351. The fourth-order valence-electron chi connectivity index (χ4n) is 4.07. The molecule has 3 heterocycles. The predicted octanol–water partition coefficient (Wildman–Crippen LogP) is 3.00. The van der Waals surface area contributed by atoms with Gasteiger partial charge in [-0.05, 0) is 42.3 Å². The normalized spacial score (nSPS) is 18.2. The van der Waals surface area contributed by atoms with E-state index in [9.17, 15) is 24.0 Å². The molecule has 214 valence electrons. The molecule has 0 aliphatic carbocycles. The number of benzene rings is 1. The van der Waals surface area contributed by atoms with Crippen molar-refractivity contribution in [2.45, 2.75) is 26.0 Å². The van der Waals surface area contributed by atoms with E-state index >= 15 is 0 Å². The Kier molecular flexibility index (Phi) is 9.85. The summed E-state index contributed by atoms with van der Waals surface area (Å²) in [6, 6.07) is 9.18. The molecule has 14 heteroatoms. The SMILES string of the molecule is CC(C)C(N)C(=O)SCC(=O)N(C[C@H]1CN(c2ccc(N3CCOCC3=O)cc2)C(=O)O1)C(=O)c1ccc(Cl)s1. The fraction of sp³-hybridized carbons (Fsp3) is 0.423. The van der Waals surface area contributed by atoms with Crippen LogP contribution in [-0.4, -0.2) is 84.6 Å². The summed E-state index contributed by atoms with van der Waals surface area (Å²) in [6.07, 6.45) is -1.44. The number of amides is 4. The number of thioether (sulfide) groups is 1. The Morgan fingerprint density at radius 2 is 1.80 bits per heavy atom. The number of cyclic esters (lactones) is 1. The van der Waals surface area contributed by atoms with Gasteiger partial charge in [-0.15, -0.1) is 11.3 Å². The number of thiophene rings is 1. The number of anilines is 2. The second-order valence-electron chi connectivity index (χ2n) is 9.52. The number of carbonyl (C=O) groups excluding carboxylic acids is 5. The van der Waals surface area contributed by atoms with E-state index in [2.05, 4.69) is 0 Å². The lowest BCUT2D eigenvalue weighted by Gasteiger charge is -2.27. The van der Waals surface area contributed by atoms with E-state index in [4.69, 9.17) is 26.8 Å². The highest BCUT2D eigenvalue weighted by atomic mass is 35.5. The molecule has 2 atom stereocenters.